The third kappa shape index (κ3) is 4.05. The SMILES string of the molecule is C=CCc1c(C(=O)OC)[nH]c(C=NCO)c1-c1ccc(CO)c(CO)c1CO. The van der Waals surface area contributed by atoms with Gasteiger partial charge in [-0.2, -0.15) is 0 Å². The van der Waals surface area contributed by atoms with Crippen molar-refractivity contribution in [2.75, 3.05) is 13.8 Å². The number of aromatic nitrogens is 1. The summed E-state index contributed by atoms with van der Waals surface area (Å²) >= 11 is 0. The van der Waals surface area contributed by atoms with Crippen LogP contribution in [0.1, 0.15) is 38.4 Å². The summed E-state index contributed by atoms with van der Waals surface area (Å²) in [7, 11) is 1.26. The number of methoxy groups -OCH3 is 1. The molecule has 1 aromatic carbocycles. The molecule has 2 aromatic rings. The Labute approximate surface area is 162 Å². The molecule has 150 valence electrons. The van der Waals surface area contributed by atoms with Gasteiger partial charge < -0.3 is 30.1 Å². The molecule has 0 unspecified atom stereocenters. The Morgan fingerprint density at radius 1 is 1.14 bits per heavy atom. The number of nitrogens with one attached hydrogen (secondary N) is 1. The fraction of sp³-hybridized carbons (Fsp3) is 0.300. The molecule has 0 bridgehead atoms. The Kier molecular flexibility index (Phi) is 7.65. The van der Waals surface area contributed by atoms with Gasteiger partial charge in [-0.25, -0.2) is 4.79 Å². The van der Waals surface area contributed by atoms with Gasteiger partial charge in [-0.1, -0.05) is 18.2 Å². The topological polar surface area (TPSA) is 135 Å². The van der Waals surface area contributed by atoms with Crippen LogP contribution in [0.25, 0.3) is 11.1 Å². The first-order valence-corrected chi connectivity index (χ1v) is 8.59. The van der Waals surface area contributed by atoms with Gasteiger partial charge in [-0.15, -0.1) is 6.58 Å². The van der Waals surface area contributed by atoms with Crippen molar-refractivity contribution in [1.82, 2.24) is 4.98 Å². The van der Waals surface area contributed by atoms with Gasteiger partial charge in [0.2, 0.25) is 0 Å². The van der Waals surface area contributed by atoms with E-state index in [2.05, 4.69) is 16.6 Å². The summed E-state index contributed by atoms with van der Waals surface area (Å²) in [5, 5.41) is 38.3. The lowest BCUT2D eigenvalue weighted by molar-refractivity contribution is 0.0593. The van der Waals surface area contributed by atoms with Gasteiger partial charge in [0, 0.05) is 11.8 Å². The van der Waals surface area contributed by atoms with Crippen LogP contribution in [0.4, 0.5) is 0 Å². The summed E-state index contributed by atoms with van der Waals surface area (Å²) in [5.41, 5.74) is 3.68. The van der Waals surface area contributed by atoms with Crippen LogP contribution in [0.5, 0.6) is 0 Å². The van der Waals surface area contributed by atoms with Gasteiger partial charge in [0.05, 0.1) is 32.6 Å². The number of hydrogen-bond acceptors (Lipinski definition) is 7. The Morgan fingerprint density at radius 2 is 1.86 bits per heavy atom. The number of rotatable bonds is 9. The van der Waals surface area contributed by atoms with Crippen LogP contribution in [0.3, 0.4) is 0 Å². The van der Waals surface area contributed by atoms with Gasteiger partial charge in [0.25, 0.3) is 0 Å². The molecule has 2 rings (SSSR count). The first-order chi connectivity index (χ1) is 13.6. The highest BCUT2D eigenvalue weighted by atomic mass is 16.5. The highest BCUT2D eigenvalue weighted by Crippen LogP contribution is 2.36. The minimum Gasteiger partial charge on any atom is -0.464 e. The zero-order valence-electron chi connectivity index (χ0n) is 15.6. The standard InChI is InChI=1S/C20H24N2O6/c1-3-4-14-18(17(7-21-11-26)22-19(14)20(27)28-2)13-6-5-12(8-23)15(9-24)16(13)10-25/h3,5-7,22-26H,1,4,8-11H2,2H3. The number of aliphatic imine (C=N–C) groups is 1. The maximum atomic E-state index is 12.3. The van der Waals surface area contributed by atoms with Crippen molar-refractivity contribution < 1.29 is 30.0 Å². The number of allylic oxidation sites excluding steroid dienone is 1. The molecule has 0 aliphatic rings. The Balaban J connectivity index is 2.89. The van der Waals surface area contributed by atoms with E-state index in [9.17, 15) is 20.1 Å². The average Bonchev–Trinajstić information content (AvgIpc) is 3.08. The van der Waals surface area contributed by atoms with Gasteiger partial charge in [-0.3, -0.25) is 4.99 Å². The van der Waals surface area contributed by atoms with Crippen LogP contribution in [-0.4, -0.2) is 51.4 Å². The molecule has 1 heterocycles. The average molecular weight is 388 g/mol. The Morgan fingerprint density at radius 3 is 2.39 bits per heavy atom. The molecule has 5 N–H and O–H groups in total. The van der Waals surface area contributed by atoms with Crippen molar-refractivity contribution in [2.24, 2.45) is 4.99 Å². The summed E-state index contributed by atoms with van der Waals surface area (Å²) in [6.07, 6.45) is 3.33. The fourth-order valence-electron chi connectivity index (χ4n) is 3.22. The Hall–Kier alpha value is -2.78. The monoisotopic (exact) mass is 388 g/mol. The fourth-order valence-corrected chi connectivity index (χ4v) is 3.22. The predicted molar refractivity (Wildman–Crippen MR) is 104 cm³/mol. The molecule has 0 saturated carbocycles. The largest absolute Gasteiger partial charge is 0.464 e. The predicted octanol–water partition coefficient (Wildman–Crippen LogP) is 1.04. The van der Waals surface area contributed by atoms with Crippen LogP contribution in [0.15, 0.2) is 29.8 Å². The molecule has 0 fully saturated rings. The molecule has 0 spiro atoms. The van der Waals surface area contributed by atoms with E-state index in [1.807, 2.05) is 0 Å². The Bertz CT molecular complexity index is 885. The second kappa shape index (κ2) is 9.95. The number of esters is 1. The summed E-state index contributed by atoms with van der Waals surface area (Å²) in [5.74, 6) is -0.582. The van der Waals surface area contributed by atoms with Crippen molar-refractivity contribution in [3.63, 3.8) is 0 Å². The molecule has 0 radical (unpaired) electrons. The number of aromatic amines is 1. The van der Waals surface area contributed by atoms with Gasteiger partial charge in [0.1, 0.15) is 12.4 Å². The van der Waals surface area contributed by atoms with E-state index in [1.54, 1.807) is 18.2 Å². The molecular formula is C20H24N2O6. The molecule has 1 aromatic heterocycles. The number of nitrogens with zero attached hydrogens (tertiary/aromatic N) is 1. The molecular weight excluding hydrogens is 364 g/mol. The van der Waals surface area contributed by atoms with Crippen molar-refractivity contribution in [1.29, 1.82) is 0 Å². The minimum absolute atomic E-state index is 0.206. The molecule has 28 heavy (non-hydrogen) atoms. The van der Waals surface area contributed by atoms with Crippen molar-refractivity contribution >= 4 is 12.2 Å². The third-order valence-corrected chi connectivity index (χ3v) is 4.46. The lowest BCUT2D eigenvalue weighted by atomic mass is 9.89. The maximum Gasteiger partial charge on any atom is 0.354 e. The lowest BCUT2D eigenvalue weighted by Gasteiger charge is -2.16. The summed E-state index contributed by atoms with van der Waals surface area (Å²) in [6, 6.07) is 3.35. The quantitative estimate of drug-likeness (QED) is 0.247. The molecule has 0 saturated heterocycles. The summed E-state index contributed by atoms with van der Waals surface area (Å²) in [4.78, 5) is 19.0. The van der Waals surface area contributed by atoms with Gasteiger partial charge >= 0.3 is 5.97 Å². The first kappa shape index (κ1) is 21.5. The highest BCUT2D eigenvalue weighted by Gasteiger charge is 2.25. The van der Waals surface area contributed by atoms with Crippen molar-refractivity contribution in [3.05, 3.63) is 58.4 Å². The summed E-state index contributed by atoms with van der Waals surface area (Å²) < 4.78 is 4.85. The first-order valence-electron chi connectivity index (χ1n) is 8.59. The second-order valence-electron chi connectivity index (χ2n) is 5.91. The number of aliphatic hydroxyl groups excluding tert-OH is 4. The zero-order valence-corrected chi connectivity index (χ0v) is 15.6. The second-order valence-corrected chi connectivity index (χ2v) is 5.91. The highest BCUT2D eigenvalue weighted by molar-refractivity contribution is 5.99. The number of carbonyl (C=O) groups is 1. The number of aliphatic hydroxyl groups is 4. The van der Waals surface area contributed by atoms with E-state index in [-0.39, 0.29) is 25.5 Å². The van der Waals surface area contributed by atoms with Crippen LogP contribution in [-0.2, 0) is 31.0 Å². The normalized spacial score (nSPS) is 11.2. The van der Waals surface area contributed by atoms with E-state index in [0.29, 0.717) is 45.5 Å². The van der Waals surface area contributed by atoms with Gasteiger partial charge in [0.15, 0.2) is 0 Å². The van der Waals surface area contributed by atoms with Crippen molar-refractivity contribution in [3.8, 4) is 11.1 Å². The molecule has 0 aliphatic heterocycles. The zero-order chi connectivity index (χ0) is 20.7. The van der Waals surface area contributed by atoms with E-state index in [4.69, 9.17) is 9.84 Å². The lowest BCUT2D eigenvalue weighted by Crippen LogP contribution is -2.06. The van der Waals surface area contributed by atoms with Crippen LogP contribution < -0.4 is 0 Å². The third-order valence-electron chi connectivity index (χ3n) is 4.46. The molecule has 8 nitrogen and oxygen atoms in total. The van der Waals surface area contributed by atoms with E-state index >= 15 is 0 Å². The minimum atomic E-state index is -0.582. The summed E-state index contributed by atoms with van der Waals surface area (Å²) in [6.45, 7) is 2.24. The van der Waals surface area contributed by atoms with E-state index in [0.717, 1.165) is 0 Å². The number of hydrogen-bond donors (Lipinski definition) is 5. The number of H-pyrrole nitrogens is 1. The molecule has 0 atom stereocenters. The van der Waals surface area contributed by atoms with Gasteiger partial charge in [-0.05, 0) is 34.2 Å². The van der Waals surface area contributed by atoms with Crippen LogP contribution in [0.2, 0.25) is 0 Å². The van der Waals surface area contributed by atoms with Crippen molar-refractivity contribution in [2.45, 2.75) is 26.2 Å². The number of benzene rings is 1. The van der Waals surface area contributed by atoms with Crippen LogP contribution in [0, 0.1) is 0 Å². The smallest absolute Gasteiger partial charge is 0.354 e. The number of ether oxygens (including phenoxy) is 1. The van der Waals surface area contributed by atoms with E-state index in [1.165, 1.54) is 13.3 Å². The molecule has 8 heteroatoms. The number of carbonyl (C=O) groups excluding carboxylic acids is 1. The van der Waals surface area contributed by atoms with Crippen LogP contribution >= 0.6 is 0 Å². The van der Waals surface area contributed by atoms with E-state index < -0.39 is 12.7 Å². The molecule has 0 amide bonds. The molecule has 0 aliphatic carbocycles. The maximum absolute atomic E-state index is 12.3.